The van der Waals surface area contributed by atoms with Gasteiger partial charge in [-0.15, -0.1) is 0 Å². The van der Waals surface area contributed by atoms with Crippen molar-refractivity contribution in [3.63, 3.8) is 0 Å². The molecule has 164 valence electrons. The normalized spacial score (nSPS) is 10.9. The minimum Gasteiger partial charge on any atom is -0.383 e. The van der Waals surface area contributed by atoms with Crippen LogP contribution in [0.3, 0.4) is 0 Å². The van der Waals surface area contributed by atoms with Crippen molar-refractivity contribution < 1.29 is 14.3 Å². The third kappa shape index (κ3) is 5.65. The Morgan fingerprint density at radius 2 is 1.90 bits per heavy atom. The number of hydrogen-bond donors (Lipinski definition) is 1. The van der Waals surface area contributed by atoms with E-state index in [1.807, 2.05) is 38.1 Å². The molecule has 0 aliphatic carbocycles. The number of nitrogens with zero attached hydrogens (tertiary/aromatic N) is 3. The first-order valence-electron chi connectivity index (χ1n) is 10.3. The number of carbonyl (C=O) groups excluding carboxylic acids is 2. The Kier molecular flexibility index (Phi) is 8.08. The summed E-state index contributed by atoms with van der Waals surface area (Å²) in [7, 11) is 1.67. The maximum atomic E-state index is 12.6. The van der Waals surface area contributed by atoms with Gasteiger partial charge in [0.05, 0.1) is 23.4 Å². The number of imidazole rings is 1. The first-order chi connectivity index (χ1) is 15.1. The van der Waals surface area contributed by atoms with Crippen molar-refractivity contribution in [2.75, 3.05) is 37.9 Å². The number of hydrogen-bond acceptors (Lipinski definition) is 5. The molecular weight excluding hydrogens is 412 g/mol. The van der Waals surface area contributed by atoms with Crippen LogP contribution in [-0.2, 0) is 16.1 Å². The summed E-state index contributed by atoms with van der Waals surface area (Å²) in [5.74, 6) is 0.0231. The smallest absolute Gasteiger partial charge is 0.253 e. The molecule has 0 radical (unpaired) electrons. The largest absolute Gasteiger partial charge is 0.383 e. The molecule has 1 heterocycles. The number of methoxy groups -OCH3 is 1. The SMILES string of the molecule is CCN(CC)C(=O)c1cccc(NC(=O)CSc2nc3ccccc3n2CCOC)c1. The van der Waals surface area contributed by atoms with E-state index >= 15 is 0 Å². The minimum atomic E-state index is -0.150. The van der Waals surface area contributed by atoms with Crippen molar-refractivity contribution in [3.05, 3.63) is 54.1 Å². The van der Waals surface area contributed by atoms with Crippen LogP contribution < -0.4 is 5.32 Å². The topological polar surface area (TPSA) is 76.5 Å². The Balaban J connectivity index is 1.67. The summed E-state index contributed by atoms with van der Waals surface area (Å²) < 4.78 is 7.29. The van der Waals surface area contributed by atoms with Gasteiger partial charge in [0.2, 0.25) is 5.91 Å². The number of carbonyl (C=O) groups is 2. The van der Waals surface area contributed by atoms with Gasteiger partial charge in [0.1, 0.15) is 0 Å². The number of thioether (sulfide) groups is 1. The average Bonchev–Trinajstić information content (AvgIpc) is 3.14. The third-order valence-corrected chi connectivity index (χ3v) is 5.89. The number of rotatable bonds is 10. The van der Waals surface area contributed by atoms with Gasteiger partial charge in [0, 0.05) is 38.0 Å². The van der Waals surface area contributed by atoms with Crippen LogP contribution in [0.4, 0.5) is 5.69 Å². The van der Waals surface area contributed by atoms with Crippen molar-refractivity contribution in [2.24, 2.45) is 0 Å². The van der Waals surface area contributed by atoms with Gasteiger partial charge in [-0.1, -0.05) is 30.0 Å². The number of aromatic nitrogens is 2. The first kappa shape index (κ1) is 22.8. The molecule has 3 rings (SSSR count). The van der Waals surface area contributed by atoms with Crippen molar-refractivity contribution in [1.82, 2.24) is 14.5 Å². The van der Waals surface area contributed by atoms with E-state index in [1.165, 1.54) is 11.8 Å². The Hall–Kier alpha value is -2.84. The standard InChI is InChI=1S/C23H28N4O3S/c1-4-26(5-2)22(29)17-9-8-10-18(15-17)24-21(28)16-31-23-25-19-11-6-7-12-20(19)27(23)13-14-30-3/h6-12,15H,4-5,13-14,16H2,1-3H3,(H,24,28). The van der Waals surface area contributed by atoms with Crippen LogP contribution in [-0.4, -0.2) is 58.8 Å². The van der Waals surface area contributed by atoms with E-state index < -0.39 is 0 Å². The summed E-state index contributed by atoms with van der Waals surface area (Å²) in [6.07, 6.45) is 0. The highest BCUT2D eigenvalue weighted by Crippen LogP contribution is 2.24. The molecule has 7 nitrogen and oxygen atoms in total. The zero-order valence-electron chi connectivity index (χ0n) is 18.1. The summed E-state index contributed by atoms with van der Waals surface area (Å²) in [6.45, 7) is 6.41. The lowest BCUT2D eigenvalue weighted by molar-refractivity contribution is -0.113. The second kappa shape index (κ2) is 11.0. The van der Waals surface area contributed by atoms with Gasteiger partial charge in [-0.05, 0) is 44.2 Å². The van der Waals surface area contributed by atoms with E-state index in [4.69, 9.17) is 4.74 Å². The molecule has 8 heteroatoms. The van der Waals surface area contributed by atoms with E-state index in [0.29, 0.717) is 37.5 Å². The quantitative estimate of drug-likeness (QED) is 0.484. The molecule has 0 unspecified atom stereocenters. The molecule has 1 N–H and O–H groups in total. The fraction of sp³-hybridized carbons (Fsp3) is 0.348. The number of benzene rings is 2. The van der Waals surface area contributed by atoms with Gasteiger partial charge in [0.25, 0.3) is 5.91 Å². The van der Waals surface area contributed by atoms with Gasteiger partial charge in [0.15, 0.2) is 5.16 Å². The lowest BCUT2D eigenvalue weighted by atomic mass is 10.1. The van der Waals surface area contributed by atoms with Crippen LogP contribution in [0.2, 0.25) is 0 Å². The van der Waals surface area contributed by atoms with Crippen LogP contribution in [0.25, 0.3) is 11.0 Å². The Bertz CT molecular complexity index is 1050. The molecule has 0 saturated heterocycles. The lowest BCUT2D eigenvalue weighted by Gasteiger charge is -2.19. The van der Waals surface area contributed by atoms with Crippen LogP contribution in [0.15, 0.2) is 53.7 Å². The second-order valence-corrected chi connectivity index (χ2v) is 7.87. The van der Waals surface area contributed by atoms with E-state index in [9.17, 15) is 9.59 Å². The predicted molar refractivity (Wildman–Crippen MR) is 125 cm³/mol. The second-order valence-electron chi connectivity index (χ2n) is 6.92. The van der Waals surface area contributed by atoms with E-state index in [-0.39, 0.29) is 17.6 Å². The molecule has 0 spiro atoms. The summed E-state index contributed by atoms with van der Waals surface area (Å²) in [5.41, 5.74) is 3.08. The van der Waals surface area contributed by atoms with E-state index in [2.05, 4.69) is 14.9 Å². The lowest BCUT2D eigenvalue weighted by Crippen LogP contribution is -2.30. The number of amides is 2. The van der Waals surface area contributed by atoms with Crippen LogP contribution in [0.1, 0.15) is 24.2 Å². The molecule has 0 aliphatic heterocycles. The van der Waals surface area contributed by atoms with Gasteiger partial charge >= 0.3 is 0 Å². The number of para-hydroxylation sites is 2. The van der Waals surface area contributed by atoms with Crippen molar-refractivity contribution in [3.8, 4) is 0 Å². The average molecular weight is 441 g/mol. The third-order valence-electron chi connectivity index (χ3n) is 4.91. The van der Waals surface area contributed by atoms with E-state index in [0.717, 1.165) is 16.2 Å². The Morgan fingerprint density at radius 1 is 1.13 bits per heavy atom. The molecule has 0 aliphatic rings. The van der Waals surface area contributed by atoms with Gasteiger partial charge < -0.3 is 19.5 Å². The number of fused-ring (bicyclic) bond motifs is 1. The Morgan fingerprint density at radius 3 is 2.65 bits per heavy atom. The fourth-order valence-corrected chi connectivity index (χ4v) is 4.15. The van der Waals surface area contributed by atoms with Crippen molar-refractivity contribution in [2.45, 2.75) is 25.5 Å². The summed E-state index contributed by atoms with van der Waals surface area (Å²) >= 11 is 1.38. The van der Waals surface area contributed by atoms with Gasteiger partial charge in [-0.2, -0.15) is 0 Å². The Labute approximate surface area is 186 Å². The molecule has 0 atom stereocenters. The molecule has 1 aromatic heterocycles. The highest BCUT2D eigenvalue weighted by Gasteiger charge is 2.15. The summed E-state index contributed by atoms with van der Waals surface area (Å²) in [4.78, 5) is 31.5. The van der Waals surface area contributed by atoms with Gasteiger partial charge in [-0.3, -0.25) is 9.59 Å². The predicted octanol–water partition coefficient (Wildman–Crippen LogP) is 3.90. The van der Waals surface area contributed by atoms with Crippen molar-refractivity contribution >= 4 is 40.3 Å². The summed E-state index contributed by atoms with van der Waals surface area (Å²) in [5, 5.41) is 3.66. The highest BCUT2D eigenvalue weighted by atomic mass is 32.2. The maximum absolute atomic E-state index is 12.6. The molecule has 0 bridgehead atoms. The number of anilines is 1. The maximum Gasteiger partial charge on any atom is 0.253 e. The highest BCUT2D eigenvalue weighted by molar-refractivity contribution is 7.99. The molecule has 3 aromatic rings. The van der Waals surface area contributed by atoms with Crippen LogP contribution >= 0.6 is 11.8 Å². The number of nitrogens with one attached hydrogen (secondary N) is 1. The summed E-state index contributed by atoms with van der Waals surface area (Å²) in [6, 6.07) is 15.0. The van der Waals surface area contributed by atoms with Crippen LogP contribution in [0.5, 0.6) is 0 Å². The zero-order chi connectivity index (χ0) is 22.2. The van der Waals surface area contributed by atoms with E-state index in [1.54, 1.807) is 36.3 Å². The first-order valence-corrected chi connectivity index (χ1v) is 11.3. The molecule has 0 saturated carbocycles. The molecule has 31 heavy (non-hydrogen) atoms. The zero-order valence-corrected chi connectivity index (χ0v) is 18.9. The van der Waals surface area contributed by atoms with Crippen molar-refractivity contribution in [1.29, 1.82) is 0 Å². The minimum absolute atomic E-state index is 0.0395. The molecular formula is C23H28N4O3S. The monoisotopic (exact) mass is 440 g/mol. The molecule has 0 fully saturated rings. The molecule has 2 aromatic carbocycles. The number of ether oxygens (including phenoxy) is 1. The molecule has 2 amide bonds. The fourth-order valence-electron chi connectivity index (χ4n) is 3.31. The van der Waals surface area contributed by atoms with Crippen LogP contribution in [0, 0.1) is 0 Å². The van der Waals surface area contributed by atoms with Gasteiger partial charge in [-0.25, -0.2) is 4.98 Å².